The third-order valence-corrected chi connectivity index (χ3v) is 2.53. The van der Waals surface area contributed by atoms with Crippen LogP contribution in [0, 0.1) is 0 Å². The van der Waals surface area contributed by atoms with Crippen molar-refractivity contribution in [2.45, 2.75) is 26.2 Å². The van der Waals surface area contributed by atoms with Crippen LogP contribution in [-0.4, -0.2) is 11.8 Å². The first-order valence-corrected chi connectivity index (χ1v) is 4.97. The molecular weight excluding hydrogens is 192 g/mol. The Balaban J connectivity index is 2.37. The maximum Gasteiger partial charge on any atom is 0.308 e. The SMILES string of the molecule is CC(=O)Oc1cccc2c1CCC(=O)C2. The molecule has 3 nitrogen and oxygen atoms in total. The third kappa shape index (κ3) is 2.06. The molecule has 0 bridgehead atoms. The second-order valence-corrected chi connectivity index (χ2v) is 3.70. The van der Waals surface area contributed by atoms with Crippen molar-refractivity contribution in [3.05, 3.63) is 29.3 Å². The summed E-state index contributed by atoms with van der Waals surface area (Å²) < 4.78 is 5.10. The zero-order valence-corrected chi connectivity index (χ0v) is 8.58. The molecule has 1 aliphatic rings. The van der Waals surface area contributed by atoms with Gasteiger partial charge in [-0.15, -0.1) is 0 Å². The Morgan fingerprint density at radius 3 is 2.87 bits per heavy atom. The maximum atomic E-state index is 11.3. The summed E-state index contributed by atoms with van der Waals surface area (Å²) in [7, 11) is 0. The minimum Gasteiger partial charge on any atom is -0.426 e. The van der Waals surface area contributed by atoms with Crippen molar-refractivity contribution in [3.8, 4) is 5.75 Å². The first-order valence-electron chi connectivity index (χ1n) is 4.97. The summed E-state index contributed by atoms with van der Waals surface area (Å²) in [5.74, 6) is 0.537. The van der Waals surface area contributed by atoms with Gasteiger partial charge in [-0.3, -0.25) is 9.59 Å². The molecule has 0 N–H and O–H groups in total. The van der Waals surface area contributed by atoms with E-state index < -0.39 is 0 Å². The van der Waals surface area contributed by atoms with Crippen LogP contribution in [0.3, 0.4) is 0 Å². The molecule has 1 aromatic rings. The highest BCUT2D eigenvalue weighted by molar-refractivity contribution is 5.84. The van der Waals surface area contributed by atoms with Crippen molar-refractivity contribution in [1.82, 2.24) is 0 Å². The van der Waals surface area contributed by atoms with Gasteiger partial charge in [0.25, 0.3) is 0 Å². The van der Waals surface area contributed by atoms with E-state index in [1.165, 1.54) is 6.92 Å². The van der Waals surface area contributed by atoms with E-state index in [-0.39, 0.29) is 11.8 Å². The van der Waals surface area contributed by atoms with E-state index in [9.17, 15) is 9.59 Å². The van der Waals surface area contributed by atoms with Crippen LogP contribution in [0.1, 0.15) is 24.5 Å². The lowest BCUT2D eigenvalue weighted by Crippen LogP contribution is -2.15. The van der Waals surface area contributed by atoms with Crippen LogP contribution in [0.15, 0.2) is 18.2 Å². The highest BCUT2D eigenvalue weighted by Gasteiger charge is 2.19. The van der Waals surface area contributed by atoms with Gasteiger partial charge in [0.2, 0.25) is 0 Å². The molecule has 1 aromatic carbocycles. The van der Waals surface area contributed by atoms with Gasteiger partial charge in [-0.1, -0.05) is 12.1 Å². The number of ketones is 1. The van der Waals surface area contributed by atoms with Gasteiger partial charge in [-0.2, -0.15) is 0 Å². The Kier molecular flexibility index (Phi) is 2.54. The van der Waals surface area contributed by atoms with E-state index in [2.05, 4.69) is 0 Å². The number of ether oxygens (including phenoxy) is 1. The Hall–Kier alpha value is -1.64. The summed E-state index contributed by atoms with van der Waals surface area (Å²) in [5.41, 5.74) is 2.00. The van der Waals surface area contributed by atoms with Crippen LogP contribution in [0.5, 0.6) is 5.75 Å². The maximum absolute atomic E-state index is 11.3. The van der Waals surface area contributed by atoms with Gasteiger partial charge in [0.15, 0.2) is 0 Å². The van der Waals surface area contributed by atoms with Crippen LogP contribution in [-0.2, 0) is 22.4 Å². The number of fused-ring (bicyclic) bond motifs is 1. The fourth-order valence-corrected chi connectivity index (χ4v) is 1.88. The van der Waals surface area contributed by atoms with Crippen molar-refractivity contribution in [3.63, 3.8) is 0 Å². The minimum atomic E-state index is -0.319. The Labute approximate surface area is 88.1 Å². The molecular formula is C12H12O3. The van der Waals surface area contributed by atoms with Gasteiger partial charge in [0, 0.05) is 19.8 Å². The standard InChI is InChI=1S/C12H12O3/c1-8(13)15-12-4-2-3-9-7-10(14)5-6-11(9)12/h2-4H,5-7H2,1H3. The van der Waals surface area contributed by atoms with E-state index in [0.29, 0.717) is 25.0 Å². The van der Waals surface area contributed by atoms with Gasteiger partial charge >= 0.3 is 5.97 Å². The lowest BCUT2D eigenvalue weighted by atomic mass is 9.90. The predicted octanol–water partition coefficient (Wildman–Crippen LogP) is 1.67. The molecule has 0 aromatic heterocycles. The highest BCUT2D eigenvalue weighted by Crippen LogP contribution is 2.28. The molecule has 0 atom stereocenters. The van der Waals surface area contributed by atoms with Gasteiger partial charge in [-0.25, -0.2) is 0 Å². The average molecular weight is 204 g/mol. The first-order chi connectivity index (χ1) is 7.16. The number of esters is 1. The summed E-state index contributed by atoms with van der Waals surface area (Å²) in [5, 5.41) is 0. The van der Waals surface area contributed by atoms with Crippen molar-refractivity contribution < 1.29 is 14.3 Å². The molecule has 0 fully saturated rings. The second-order valence-electron chi connectivity index (χ2n) is 3.70. The summed E-state index contributed by atoms with van der Waals surface area (Å²) in [6.07, 6.45) is 1.69. The number of carbonyl (C=O) groups is 2. The summed E-state index contributed by atoms with van der Waals surface area (Å²) in [4.78, 5) is 22.1. The van der Waals surface area contributed by atoms with Crippen LogP contribution in [0.4, 0.5) is 0 Å². The third-order valence-electron chi connectivity index (χ3n) is 2.53. The Morgan fingerprint density at radius 1 is 1.33 bits per heavy atom. The van der Waals surface area contributed by atoms with Crippen LogP contribution < -0.4 is 4.74 Å². The van der Waals surface area contributed by atoms with E-state index in [4.69, 9.17) is 4.74 Å². The molecule has 78 valence electrons. The summed E-state index contributed by atoms with van der Waals surface area (Å²) in [6.45, 7) is 1.38. The van der Waals surface area contributed by atoms with Gasteiger partial charge < -0.3 is 4.74 Å². The van der Waals surface area contributed by atoms with Crippen LogP contribution in [0.2, 0.25) is 0 Å². The lowest BCUT2D eigenvalue weighted by molar-refractivity contribution is -0.131. The van der Waals surface area contributed by atoms with Gasteiger partial charge in [0.05, 0.1) is 0 Å². The molecule has 15 heavy (non-hydrogen) atoms. The quantitative estimate of drug-likeness (QED) is 0.516. The fraction of sp³-hybridized carbons (Fsp3) is 0.333. The fourth-order valence-electron chi connectivity index (χ4n) is 1.88. The van der Waals surface area contributed by atoms with Crippen LogP contribution in [0.25, 0.3) is 0 Å². The Morgan fingerprint density at radius 2 is 2.13 bits per heavy atom. The van der Waals surface area contributed by atoms with E-state index in [1.807, 2.05) is 12.1 Å². The number of rotatable bonds is 1. The normalized spacial score (nSPS) is 14.6. The second kappa shape index (κ2) is 3.85. The van der Waals surface area contributed by atoms with Gasteiger partial charge in [-0.05, 0) is 23.6 Å². The molecule has 0 spiro atoms. The van der Waals surface area contributed by atoms with Crippen molar-refractivity contribution in [2.24, 2.45) is 0 Å². The molecule has 0 saturated heterocycles. The predicted molar refractivity (Wildman–Crippen MR) is 54.8 cm³/mol. The molecule has 0 radical (unpaired) electrons. The zero-order chi connectivity index (χ0) is 10.8. The molecule has 0 aliphatic heterocycles. The number of Topliss-reactive ketones (excluding diaryl/α,β-unsaturated/α-hetero) is 1. The van der Waals surface area contributed by atoms with Crippen molar-refractivity contribution in [2.75, 3.05) is 0 Å². The summed E-state index contributed by atoms with van der Waals surface area (Å²) >= 11 is 0. The van der Waals surface area contributed by atoms with Gasteiger partial charge in [0.1, 0.15) is 11.5 Å². The number of carbonyl (C=O) groups excluding carboxylic acids is 2. The molecule has 0 amide bonds. The number of hydrogen-bond acceptors (Lipinski definition) is 3. The van der Waals surface area contributed by atoms with E-state index in [1.54, 1.807) is 6.07 Å². The molecule has 0 unspecified atom stereocenters. The molecule has 1 aliphatic carbocycles. The number of hydrogen-bond donors (Lipinski definition) is 0. The Bertz CT molecular complexity index is 421. The molecule has 3 heteroatoms. The van der Waals surface area contributed by atoms with E-state index >= 15 is 0 Å². The van der Waals surface area contributed by atoms with Crippen molar-refractivity contribution >= 4 is 11.8 Å². The molecule has 2 rings (SSSR count). The topological polar surface area (TPSA) is 43.4 Å². The lowest BCUT2D eigenvalue weighted by Gasteiger charge is -2.17. The largest absolute Gasteiger partial charge is 0.426 e. The monoisotopic (exact) mass is 204 g/mol. The highest BCUT2D eigenvalue weighted by atomic mass is 16.5. The van der Waals surface area contributed by atoms with Crippen LogP contribution >= 0.6 is 0 Å². The van der Waals surface area contributed by atoms with Crippen molar-refractivity contribution in [1.29, 1.82) is 0 Å². The smallest absolute Gasteiger partial charge is 0.308 e. The van der Waals surface area contributed by atoms with E-state index in [0.717, 1.165) is 11.1 Å². The average Bonchev–Trinajstić information content (AvgIpc) is 2.16. The number of benzene rings is 1. The molecule has 0 heterocycles. The molecule has 0 saturated carbocycles. The minimum absolute atomic E-state index is 0.252. The zero-order valence-electron chi connectivity index (χ0n) is 8.58. The summed E-state index contributed by atoms with van der Waals surface area (Å²) in [6, 6.07) is 5.51. The first kappa shape index (κ1) is 9.90.